The van der Waals surface area contributed by atoms with Crippen molar-refractivity contribution in [2.24, 2.45) is 4.99 Å². The molecule has 0 fully saturated rings. The topological polar surface area (TPSA) is 12.4 Å². The lowest BCUT2D eigenvalue weighted by molar-refractivity contribution is 0.585. The molecule has 3 aromatic rings. The maximum absolute atomic E-state index is 13.6. The maximum Gasteiger partial charge on any atom is 0.151 e. The summed E-state index contributed by atoms with van der Waals surface area (Å²) in [4.78, 5) is 4.03. The molecule has 0 spiro atoms. The van der Waals surface area contributed by atoms with Gasteiger partial charge in [-0.25, -0.2) is 13.2 Å². The SMILES string of the molecule is Fc1ccc(CCc2ccc(/C=N\c3ccc(F)cc3F)cc2Cl)cc1. The van der Waals surface area contributed by atoms with E-state index < -0.39 is 11.6 Å². The first-order valence-electron chi connectivity index (χ1n) is 8.03. The number of halogens is 4. The molecular formula is C21H15ClF3N. The normalized spacial score (nSPS) is 11.2. The highest BCUT2D eigenvalue weighted by atomic mass is 35.5. The van der Waals surface area contributed by atoms with Crippen LogP contribution in [0.3, 0.4) is 0 Å². The zero-order valence-electron chi connectivity index (χ0n) is 13.7. The monoisotopic (exact) mass is 373 g/mol. The summed E-state index contributed by atoms with van der Waals surface area (Å²) < 4.78 is 39.4. The van der Waals surface area contributed by atoms with E-state index >= 15 is 0 Å². The molecule has 0 bridgehead atoms. The van der Waals surface area contributed by atoms with Gasteiger partial charge < -0.3 is 0 Å². The third-order valence-electron chi connectivity index (χ3n) is 3.94. The minimum absolute atomic E-state index is 0.0582. The van der Waals surface area contributed by atoms with Crippen molar-refractivity contribution in [1.82, 2.24) is 0 Å². The number of aliphatic imine (C=N–C) groups is 1. The lowest BCUT2D eigenvalue weighted by atomic mass is 10.0. The number of rotatable bonds is 5. The molecule has 0 amide bonds. The van der Waals surface area contributed by atoms with Crippen LogP contribution in [-0.2, 0) is 12.8 Å². The molecule has 0 N–H and O–H groups in total. The molecule has 3 aromatic carbocycles. The first-order valence-corrected chi connectivity index (χ1v) is 8.41. The summed E-state index contributed by atoms with van der Waals surface area (Å²) in [7, 11) is 0. The van der Waals surface area contributed by atoms with Gasteiger partial charge in [-0.1, -0.05) is 35.9 Å². The summed E-state index contributed by atoms with van der Waals surface area (Å²) in [6.07, 6.45) is 2.94. The minimum atomic E-state index is -0.719. The first-order chi connectivity index (χ1) is 12.5. The average Bonchev–Trinajstić information content (AvgIpc) is 2.61. The van der Waals surface area contributed by atoms with Gasteiger partial charge in [0.2, 0.25) is 0 Å². The minimum Gasteiger partial charge on any atom is -0.253 e. The Kier molecular flexibility index (Phi) is 5.74. The predicted molar refractivity (Wildman–Crippen MR) is 98.9 cm³/mol. The number of benzene rings is 3. The molecule has 0 saturated heterocycles. The van der Waals surface area contributed by atoms with Crippen molar-refractivity contribution in [1.29, 1.82) is 0 Å². The van der Waals surface area contributed by atoms with Crippen molar-refractivity contribution >= 4 is 23.5 Å². The summed E-state index contributed by atoms with van der Waals surface area (Å²) in [5.74, 6) is -1.62. The summed E-state index contributed by atoms with van der Waals surface area (Å²) in [6, 6.07) is 15.1. The molecule has 0 heterocycles. The molecule has 5 heteroatoms. The molecule has 3 rings (SSSR count). The molecule has 26 heavy (non-hydrogen) atoms. The predicted octanol–water partition coefficient (Wildman–Crippen LogP) is 6.29. The molecular weight excluding hydrogens is 359 g/mol. The van der Waals surface area contributed by atoms with E-state index in [1.165, 1.54) is 24.4 Å². The van der Waals surface area contributed by atoms with Gasteiger partial charge in [0.15, 0.2) is 5.82 Å². The zero-order chi connectivity index (χ0) is 18.5. The van der Waals surface area contributed by atoms with Crippen LogP contribution in [0.1, 0.15) is 16.7 Å². The van der Waals surface area contributed by atoms with E-state index in [1.807, 2.05) is 12.1 Å². The second kappa shape index (κ2) is 8.19. The van der Waals surface area contributed by atoms with Crippen molar-refractivity contribution in [2.45, 2.75) is 12.8 Å². The van der Waals surface area contributed by atoms with E-state index in [9.17, 15) is 13.2 Å². The van der Waals surface area contributed by atoms with E-state index in [2.05, 4.69) is 4.99 Å². The quantitative estimate of drug-likeness (QED) is 0.466. The Labute approximate surface area is 154 Å². The Hall–Kier alpha value is -2.59. The zero-order valence-corrected chi connectivity index (χ0v) is 14.5. The first kappa shape index (κ1) is 18.2. The average molecular weight is 374 g/mol. The standard InChI is InChI=1S/C21H15ClF3N/c22-19-11-15(13-26-21-10-9-18(24)12-20(21)25)2-6-16(19)5-1-14-3-7-17(23)8-4-14/h2-4,6-13H,1,5H2/b26-13-. The Bertz CT molecular complexity index is 936. The highest BCUT2D eigenvalue weighted by molar-refractivity contribution is 6.31. The van der Waals surface area contributed by atoms with Gasteiger partial charge in [-0.05, 0) is 59.9 Å². The Morgan fingerprint density at radius 2 is 1.54 bits per heavy atom. The number of hydrogen-bond donors (Lipinski definition) is 0. The summed E-state index contributed by atoms with van der Waals surface area (Å²) in [6.45, 7) is 0. The van der Waals surface area contributed by atoms with Gasteiger partial charge in [0.25, 0.3) is 0 Å². The fraction of sp³-hybridized carbons (Fsp3) is 0.0952. The maximum atomic E-state index is 13.6. The van der Waals surface area contributed by atoms with Gasteiger partial charge in [-0.3, -0.25) is 4.99 Å². The largest absolute Gasteiger partial charge is 0.253 e. The lowest BCUT2D eigenvalue weighted by Crippen LogP contribution is -1.94. The molecule has 0 atom stereocenters. The van der Waals surface area contributed by atoms with Gasteiger partial charge in [0, 0.05) is 17.3 Å². The Balaban J connectivity index is 1.68. The van der Waals surface area contributed by atoms with Crippen molar-refractivity contribution in [2.75, 3.05) is 0 Å². The van der Waals surface area contributed by atoms with Crippen LogP contribution in [0, 0.1) is 17.5 Å². The van der Waals surface area contributed by atoms with Crippen molar-refractivity contribution in [3.8, 4) is 0 Å². The molecule has 0 aromatic heterocycles. The molecule has 0 radical (unpaired) electrons. The smallest absolute Gasteiger partial charge is 0.151 e. The molecule has 0 aliphatic carbocycles. The molecule has 1 nitrogen and oxygen atoms in total. The molecule has 132 valence electrons. The van der Waals surface area contributed by atoms with Gasteiger partial charge in [0.05, 0.1) is 5.69 Å². The van der Waals surface area contributed by atoms with Crippen LogP contribution in [0.5, 0.6) is 0 Å². The molecule has 0 unspecified atom stereocenters. The molecule has 0 saturated carbocycles. The van der Waals surface area contributed by atoms with Crippen molar-refractivity contribution < 1.29 is 13.2 Å². The van der Waals surface area contributed by atoms with Crippen LogP contribution in [-0.4, -0.2) is 6.21 Å². The van der Waals surface area contributed by atoms with E-state index in [1.54, 1.807) is 18.2 Å². The second-order valence-electron chi connectivity index (χ2n) is 5.83. The third kappa shape index (κ3) is 4.73. The van der Waals surface area contributed by atoms with Crippen LogP contribution in [0.2, 0.25) is 5.02 Å². The van der Waals surface area contributed by atoms with Crippen molar-refractivity contribution in [3.63, 3.8) is 0 Å². The highest BCUT2D eigenvalue weighted by Gasteiger charge is 2.04. The lowest BCUT2D eigenvalue weighted by Gasteiger charge is -2.06. The van der Waals surface area contributed by atoms with Crippen LogP contribution in [0.25, 0.3) is 0 Å². The summed E-state index contributed by atoms with van der Waals surface area (Å²) in [5.41, 5.74) is 2.76. The van der Waals surface area contributed by atoms with Crippen LogP contribution in [0.15, 0.2) is 65.7 Å². The van der Waals surface area contributed by atoms with Gasteiger partial charge in [-0.2, -0.15) is 0 Å². The van der Waals surface area contributed by atoms with E-state index in [0.717, 1.165) is 29.7 Å². The van der Waals surface area contributed by atoms with Gasteiger partial charge in [0.1, 0.15) is 11.6 Å². The summed E-state index contributed by atoms with van der Waals surface area (Å²) in [5, 5.41) is 0.579. The second-order valence-corrected chi connectivity index (χ2v) is 6.24. The van der Waals surface area contributed by atoms with E-state index in [0.29, 0.717) is 17.0 Å². The van der Waals surface area contributed by atoms with Gasteiger partial charge >= 0.3 is 0 Å². The molecule has 0 aliphatic rings. The van der Waals surface area contributed by atoms with Gasteiger partial charge in [-0.15, -0.1) is 0 Å². The highest BCUT2D eigenvalue weighted by Crippen LogP contribution is 2.21. The van der Waals surface area contributed by atoms with E-state index in [-0.39, 0.29) is 11.5 Å². The van der Waals surface area contributed by atoms with Crippen LogP contribution >= 0.6 is 11.6 Å². The van der Waals surface area contributed by atoms with Crippen molar-refractivity contribution in [3.05, 3.63) is 99.8 Å². The number of nitrogens with zero attached hydrogens (tertiary/aromatic N) is 1. The fourth-order valence-corrected chi connectivity index (χ4v) is 2.79. The fourth-order valence-electron chi connectivity index (χ4n) is 2.51. The van der Waals surface area contributed by atoms with E-state index in [4.69, 9.17) is 11.6 Å². The Morgan fingerprint density at radius 3 is 2.23 bits per heavy atom. The number of aryl methyl sites for hydroxylation is 2. The van der Waals surface area contributed by atoms with Crippen LogP contribution < -0.4 is 0 Å². The number of hydrogen-bond acceptors (Lipinski definition) is 1. The van der Waals surface area contributed by atoms with Crippen LogP contribution in [0.4, 0.5) is 18.9 Å². The third-order valence-corrected chi connectivity index (χ3v) is 4.29. The molecule has 0 aliphatic heterocycles. The summed E-state index contributed by atoms with van der Waals surface area (Å²) >= 11 is 6.31. The Morgan fingerprint density at radius 1 is 0.808 bits per heavy atom.